The van der Waals surface area contributed by atoms with Crippen LogP contribution in [0.4, 0.5) is 5.69 Å². The Labute approximate surface area is 209 Å². The van der Waals surface area contributed by atoms with Crippen LogP contribution in [0.3, 0.4) is 0 Å². The van der Waals surface area contributed by atoms with Gasteiger partial charge in [0, 0.05) is 26.6 Å². The van der Waals surface area contributed by atoms with E-state index in [1.165, 1.54) is 26.4 Å². The first-order valence-corrected chi connectivity index (χ1v) is 12.6. The van der Waals surface area contributed by atoms with E-state index < -0.39 is 6.04 Å². The van der Waals surface area contributed by atoms with E-state index in [0.717, 1.165) is 34.2 Å². The van der Waals surface area contributed by atoms with Crippen molar-refractivity contribution in [1.29, 1.82) is 0 Å². The number of nitrogens with zero attached hydrogens (tertiary/aromatic N) is 4. The van der Waals surface area contributed by atoms with Crippen LogP contribution in [0.2, 0.25) is 0 Å². The smallest absolute Gasteiger partial charge is 0.227 e. The zero-order chi connectivity index (χ0) is 24.7. The van der Waals surface area contributed by atoms with E-state index in [9.17, 15) is 4.79 Å². The lowest BCUT2D eigenvalue weighted by Gasteiger charge is -2.21. The maximum atomic E-state index is 13.1. The lowest BCUT2D eigenvalue weighted by molar-refractivity contribution is -0.116. The van der Waals surface area contributed by atoms with Gasteiger partial charge in [0.1, 0.15) is 11.9 Å². The summed E-state index contributed by atoms with van der Waals surface area (Å²) < 4.78 is 2.10. The molecule has 4 aromatic rings. The highest BCUT2D eigenvalue weighted by molar-refractivity contribution is 7.12. The van der Waals surface area contributed by atoms with E-state index in [4.69, 9.17) is 4.99 Å². The minimum absolute atomic E-state index is 0.0999. The largest absolute Gasteiger partial charge is 0.326 e. The van der Waals surface area contributed by atoms with Gasteiger partial charge in [-0.3, -0.25) is 9.79 Å². The van der Waals surface area contributed by atoms with Crippen LogP contribution in [0.5, 0.6) is 0 Å². The Kier molecular flexibility index (Phi) is 6.11. The number of fused-ring (bicyclic) bond motifs is 2. The lowest BCUT2D eigenvalue weighted by Crippen LogP contribution is -2.22. The second kappa shape index (κ2) is 9.23. The average molecular weight is 484 g/mol. The van der Waals surface area contributed by atoms with Crippen LogP contribution in [0.25, 0.3) is 0 Å². The van der Waals surface area contributed by atoms with Crippen molar-refractivity contribution in [3.05, 3.63) is 97.8 Å². The second-order valence-electron chi connectivity index (χ2n) is 9.25. The number of aliphatic imine (C=N–C) groups is 1. The summed E-state index contributed by atoms with van der Waals surface area (Å²) in [6, 6.07) is 15.8. The van der Waals surface area contributed by atoms with Crippen LogP contribution < -0.4 is 5.32 Å². The summed E-state index contributed by atoms with van der Waals surface area (Å²) in [4.78, 5) is 20.9. The van der Waals surface area contributed by atoms with Crippen molar-refractivity contribution < 1.29 is 4.79 Å². The maximum absolute atomic E-state index is 13.1. The lowest BCUT2D eigenvalue weighted by atomic mass is 9.96. The normalized spacial score (nSPS) is 16.5. The molecule has 1 aliphatic rings. The van der Waals surface area contributed by atoms with Crippen molar-refractivity contribution in [3.8, 4) is 0 Å². The minimum atomic E-state index is -0.453. The third-order valence-corrected chi connectivity index (χ3v) is 7.78. The fourth-order valence-electron chi connectivity index (χ4n) is 4.47. The molecule has 6 nitrogen and oxygen atoms in total. The summed E-state index contributed by atoms with van der Waals surface area (Å²) in [5.74, 6) is 1.45. The van der Waals surface area contributed by atoms with E-state index in [-0.39, 0.29) is 12.3 Å². The first kappa shape index (κ1) is 23.2. The number of aromatic nitrogens is 3. The fraction of sp³-hybridized carbons (Fsp3) is 0.286. The summed E-state index contributed by atoms with van der Waals surface area (Å²) in [5, 5.41) is 11.9. The SMILES string of the molecule is Cc1ccc(NC(=O)CC2/N=C(/c3ccc(C)cc3)c3c(sc(C)c3C)Cn3c(C)nnc32)cc1. The zero-order valence-corrected chi connectivity index (χ0v) is 21.5. The molecule has 0 fully saturated rings. The van der Waals surface area contributed by atoms with E-state index in [1.54, 1.807) is 11.3 Å². The van der Waals surface area contributed by atoms with Gasteiger partial charge >= 0.3 is 0 Å². The summed E-state index contributed by atoms with van der Waals surface area (Å²) >= 11 is 1.80. The molecule has 7 heteroatoms. The van der Waals surface area contributed by atoms with E-state index >= 15 is 0 Å². The van der Waals surface area contributed by atoms with Crippen molar-refractivity contribution in [2.75, 3.05) is 5.32 Å². The van der Waals surface area contributed by atoms with Gasteiger partial charge in [-0.2, -0.15) is 0 Å². The van der Waals surface area contributed by atoms with Gasteiger partial charge in [-0.25, -0.2) is 0 Å². The van der Waals surface area contributed by atoms with Gasteiger partial charge in [0.15, 0.2) is 5.82 Å². The molecular weight excluding hydrogens is 454 g/mol. The average Bonchev–Trinajstić information content (AvgIpc) is 3.31. The van der Waals surface area contributed by atoms with E-state index in [1.807, 2.05) is 38.1 Å². The molecule has 0 saturated heterocycles. The number of thiophene rings is 1. The molecule has 1 aliphatic heterocycles. The molecule has 1 unspecified atom stereocenters. The van der Waals surface area contributed by atoms with E-state index in [2.05, 4.69) is 65.1 Å². The molecular formula is C28H29N5OS. The molecule has 35 heavy (non-hydrogen) atoms. The maximum Gasteiger partial charge on any atom is 0.227 e. The Morgan fingerprint density at radius 3 is 2.31 bits per heavy atom. The second-order valence-corrected chi connectivity index (χ2v) is 10.6. The van der Waals surface area contributed by atoms with Gasteiger partial charge in [-0.15, -0.1) is 21.5 Å². The predicted molar refractivity (Wildman–Crippen MR) is 142 cm³/mol. The molecule has 178 valence electrons. The fourth-order valence-corrected chi connectivity index (χ4v) is 5.64. The predicted octanol–water partition coefficient (Wildman–Crippen LogP) is 5.85. The number of aryl methyl sites for hydroxylation is 4. The zero-order valence-electron chi connectivity index (χ0n) is 20.7. The molecule has 0 bridgehead atoms. The van der Waals surface area contributed by atoms with Crippen LogP contribution in [0, 0.1) is 34.6 Å². The van der Waals surface area contributed by atoms with Gasteiger partial charge < -0.3 is 9.88 Å². The highest BCUT2D eigenvalue weighted by atomic mass is 32.1. The van der Waals surface area contributed by atoms with Crippen molar-refractivity contribution >= 4 is 28.6 Å². The molecule has 0 saturated carbocycles. The van der Waals surface area contributed by atoms with Crippen LogP contribution in [-0.4, -0.2) is 26.4 Å². The van der Waals surface area contributed by atoms with E-state index in [0.29, 0.717) is 6.54 Å². The number of carbonyl (C=O) groups excluding carboxylic acids is 1. The number of nitrogens with one attached hydrogen (secondary N) is 1. The monoisotopic (exact) mass is 483 g/mol. The molecule has 3 heterocycles. The molecule has 1 atom stereocenters. The number of anilines is 1. The Balaban J connectivity index is 1.61. The first-order chi connectivity index (χ1) is 16.8. The van der Waals surface area contributed by atoms with Gasteiger partial charge in [-0.1, -0.05) is 47.5 Å². The van der Waals surface area contributed by atoms with Gasteiger partial charge in [0.25, 0.3) is 0 Å². The summed E-state index contributed by atoms with van der Waals surface area (Å²) in [5.41, 5.74) is 7.49. The van der Waals surface area contributed by atoms with Crippen molar-refractivity contribution in [1.82, 2.24) is 14.8 Å². The molecule has 2 aromatic heterocycles. The quantitative estimate of drug-likeness (QED) is 0.396. The first-order valence-electron chi connectivity index (χ1n) is 11.8. The molecule has 1 N–H and O–H groups in total. The number of carbonyl (C=O) groups is 1. The van der Waals surface area contributed by atoms with Crippen molar-refractivity contribution in [3.63, 3.8) is 0 Å². The Hall–Kier alpha value is -3.58. The van der Waals surface area contributed by atoms with Crippen LogP contribution in [0.15, 0.2) is 53.5 Å². The van der Waals surface area contributed by atoms with Gasteiger partial charge in [0.05, 0.1) is 18.7 Å². The van der Waals surface area contributed by atoms with Crippen LogP contribution in [0.1, 0.15) is 61.7 Å². The van der Waals surface area contributed by atoms with Gasteiger partial charge in [-0.05, 0) is 52.3 Å². The topological polar surface area (TPSA) is 72.2 Å². The van der Waals surface area contributed by atoms with Crippen molar-refractivity contribution in [2.24, 2.45) is 4.99 Å². The van der Waals surface area contributed by atoms with Gasteiger partial charge in [0.2, 0.25) is 5.91 Å². The van der Waals surface area contributed by atoms with Crippen molar-refractivity contribution in [2.45, 2.75) is 53.6 Å². The third-order valence-electron chi connectivity index (χ3n) is 6.58. The highest BCUT2D eigenvalue weighted by Gasteiger charge is 2.29. The molecule has 2 aromatic carbocycles. The number of hydrogen-bond donors (Lipinski definition) is 1. The third kappa shape index (κ3) is 4.56. The Morgan fingerprint density at radius 1 is 0.971 bits per heavy atom. The highest BCUT2D eigenvalue weighted by Crippen LogP contribution is 2.35. The molecule has 0 aliphatic carbocycles. The standard InChI is InChI=1S/C28H29N5OS/c1-16-6-10-21(11-7-16)27-26-18(3)19(4)35-24(26)15-33-20(5)31-32-28(33)23(30-27)14-25(34)29-22-12-8-17(2)9-13-22/h6-13,23H,14-15H2,1-5H3,(H,29,34)/b30-27-. The summed E-state index contributed by atoms with van der Waals surface area (Å²) in [7, 11) is 0. The molecule has 0 spiro atoms. The molecule has 1 amide bonds. The number of rotatable bonds is 4. The number of amides is 1. The Bertz CT molecular complexity index is 1430. The molecule has 0 radical (unpaired) electrons. The summed E-state index contributed by atoms with van der Waals surface area (Å²) in [6.45, 7) is 11.1. The van der Waals surface area contributed by atoms with Crippen LogP contribution in [-0.2, 0) is 11.3 Å². The molecule has 5 rings (SSSR count). The number of benzene rings is 2. The minimum Gasteiger partial charge on any atom is -0.326 e. The number of hydrogen-bond acceptors (Lipinski definition) is 5. The Morgan fingerprint density at radius 2 is 1.63 bits per heavy atom. The van der Waals surface area contributed by atoms with Crippen LogP contribution >= 0.6 is 11.3 Å². The summed E-state index contributed by atoms with van der Waals surface area (Å²) in [6.07, 6.45) is 0.179.